The van der Waals surface area contributed by atoms with Gasteiger partial charge in [-0.15, -0.1) is 0 Å². The minimum Gasteiger partial charge on any atom is -0.477 e. The van der Waals surface area contributed by atoms with Crippen LogP contribution in [0.15, 0.2) is 54.7 Å². The molecule has 1 atom stereocenters. The highest BCUT2D eigenvalue weighted by Gasteiger charge is 2.55. The summed E-state index contributed by atoms with van der Waals surface area (Å²) in [6, 6.07) is 15.5. The summed E-state index contributed by atoms with van der Waals surface area (Å²) in [6.45, 7) is 2.49. The monoisotopic (exact) mass is 363 g/mol. The first-order valence-corrected chi connectivity index (χ1v) is 9.28. The zero-order valence-electron chi connectivity index (χ0n) is 14.9. The molecule has 2 fully saturated rings. The molecule has 1 N–H and O–H groups in total. The van der Waals surface area contributed by atoms with E-state index in [2.05, 4.69) is 9.97 Å². The van der Waals surface area contributed by atoms with Crippen molar-refractivity contribution in [2.24, 2.45) is 5.92 Å². The number of benzene rings is 1. The molecular weight excluding hydrogens is 342 g/mol. The van der Waals surface area contributed by atoms with Crippen molar-refractivity contribution in [1.29, 1.82) is 0 Å². The lowest BCUT2D eigenvalue weighted by molar-refractivity contribution is -0.122. The van der Waals surface area contributed by atoms with Crippen LogP contribution in [0.25, 0.3) is 10.9 Å². The van der Waals surface area contributed by atoms with E-state index in [0.717, 1.165) is 17.3 Å². The van der Waals surface area contributed by atoms with Gasteiger partial charge in [0.05, 0.1) is 19.7 Å². The molecule has 138 valence electrons. The van der Waals surface area contributed by atoms with E-state index >= 15 is 0 Å². The Kier molecular flexibility index (Phi) is 3.86. The molecule has 1 spiro atoms. The van der Waals surface area contributed by atoms with Gasteiger partial charge in [0, 0.05) is 35.7 Å². The Morgan fingerprint density at radius 3 is 2.93 bits per heavy atom. The number of fused-ring (bicyclic) bond motifs is 1. The molecule has 3 aromatic rings. The average molecular weight is 363 g/mol. The first-order valence-electron chi connectivity index (χ1n) is 9.28. The van der Waals surface area contributed by atoms with Crippen LogP contribution in [-0.2, 0) is 4.74 Å². The lowest BCUT2D eigenvalue weighted by atomic mass is 9.81. The number of aromatic amines is 1. The first kappa shape index (κ1) is 16.3. The van der Waals surface area contributed by atoms with Crippen LogP contribution in [0.3, 0.4) is 0 Å². The quantitative estimate of drug-likeness (QED) is 0.774. The number of aromatic nitrogens is 2. The van der Waals surface area contributed by atoms with E-state index in [-0.39, 0.29) is 17.4 Å². The van der Waals surface area contributed by atoms with Crippen molar-refractivity contribution in [1.82, 2.24) is 14.9 Å². The van der Waals surface area contributed by atoms with E-state index < -0.39 is 0 Å². The number of pyridine rings is 1. The zero-order valence-corrected chi connectivity index (χ0v) is 14.9. The van der Waals surface area contributed by atoms with Crippen molar-refractivity contribution in [3.63, 3.8) is 0 Å². The van der Waals surface area contributed by atoms with Crippen molar-refractivity contribution in [3.05, 3.63) is 60.4 Å². The Bertz CT molecular complexity index is 930. The third-order valence-electron chi connectivity index (χ3n) is 5.63. The third kappa shape index (κ3) is 2.86. The molecule has 0 aliphatic carbocycles. The highest BCUT2D eigenvalue weighted by Crippen LogP contribution is 2.40. The lowest BCUT2D eigenvalue weighted by Gasteiger charge is -2.49. The summed E-state index contributed by atoms with van der Waals surface area (Å²) in [6.07, 6.45) is 2.67. The van der Waals surface area contributed by atoms with Gasteiger partial charge in [-0.2, -0.15) is 0 Å². The molecular formula is C21H21N3O3. The van der Waals surface area contributed by atoms with Gasteiger partial charge in [-0.05, 0) is 24.6 Å². The van der Waals surface area contributed by atoms with Crippen LogP contribution in [0.5, 0.6) is 5.88 Å². The van der Waals surface area contributed by atoms with Crippen LogP contribution in [0.2, 0.25) is 0 Å². The van der Waals surface area contributed by atoms with Crippen LogP contribution in [0, 0.1) is 5.92 Å². The average Bonchev–Trinajstić information content (AvgIpc) is 3.29. The van der Waals surface area contributed by atoms with E-state index in [9.17, 15) is 4.79 Å². The molecule has 1 aromatic carbocycles. The highest BCUT2D eigenvalue weighted by molar-refractivity contribution is 5.98. The smallest absolute Gasteiger partial charge is 0.270 e. The van der Waals surface area contributed by atoms with Crippen molar-refractivity contribution >= 4 is 16.8 Å². The molecule has 0 radical (unpaired) electrons. The summed E-state index contributed by atoms with van der Waals surface area (Å²) in [4.78, 5) is 22.1. The maximum atomic E-state index is 12.8. The van der Waals surface area contributed by atoms with Gasteiger partial charge in [0.1, 0.15) is 11.3 Å². The Morgan fingerprint density at radius 2 is 2.11 bits per heavy atom. The Labute approximate surface area is 157 Å². The van der Waals surface area contributed by atoms with Gasteiger partial charge < -0.3 is 19.4 Å². The molecule has 2 aliphatic rings. The predicted molar refractivity (Wildman–Crippen MR) is 101 cm³/mol. The molecule has 0 unspecified atom stereocenters. The molecule has 0 bridgehead atoms. The Balaban J connectivity index is 1.24. The van der Waals surface area contributed by atoms with Crippen LogP contribution < -0.4 is 4.74 Å². The van der Waals surface area contributed by atoms with E-state index in [1.807, 2.05) is 53.4 Å². The molecule has 6 nitrogen and oxygen atoms in total. The van der Waals surface area contributed by atoms with Crippen molar-refractivity contribution < 1.29 is 14.3 Å². The summed E-state index contributed by atoms with van der Waals surface area (Å²) in [5.41, 5.74) is 1.33. The minimum atomic E-state index is -0.281. The largest absolute Gasteiger partial charge is 0.477 e. The molecule has 4 heterocycles. The maximum Gasteiger partial charge on any atom is 0.270 e. The second-order valence-electron chi connectivity index (χ2n) is 7.31. The van der Waals surface area contributed by atoms with E-state index in [4.69, 9.17) is 9.47 Å². The number of hydrogen-bond donors (Lipinski definition) is 1. The van der Waals surface area contributed by atoms with E-state index in [1.54, 1.807) is 6.20 Å². The molecule has 1 amide bonds. The molecule has 27 heavy (non-hydrogen) atoms. The van der Waals surface area contributed by atoms with Gasteiger partial charge in [-0.25, -0.2) is 4.98 Å². The SMILES string of the molecule is O=C(c1cc2ccccc2[nH]1)N1CC2(C1)OCC[C@@H]2COc1ccccn1. The van der Waals surface area contributed by atoms with Gasteiger partial charge >= 0.3 is 0 Å². The second kappa shape index (κ2) is 6.39. The highest BCUT2D eigenvalue weighted by atomic mass is 16.5. The van der Waals surface area contributed by atoms with E-state index in [1.165, 1.54) is 0 Å². The number of likely N-dealkylation sites (tertiary alicyclic amines) is 1. The number of carbonyl (C=O) groups is 1. The number of ether oxygens (including phenoxy) is 2. The normalized spacial score (nSPS) is 20.7. The number of carbonyl (C=O) groups excluding carboxylic acids is 1. The third-order valence-corrected chi connectivity index (χ3v) is 5.63. The van der Waals surface area contributed by atoms with Gasteiger partial charge in [-0.1, -0.05) is 24.3 Å². The molecule has 6 heteroatoms. The number of nitrogens with zero attached hydrogens (tertiary/aromatic N) is 2. The Morgan fingerprint density at radius 1 is 1.26 bits per heavy atom. The van der Waals surface area contributed by atoms with Crippen molar-refractivity contribution in [2.45, 2.75) is 12.0 Å². The summed E-state index contributed by atoms with van der Waals surface area (Å²) in [7, 11) is 0. The number of para-hydroxylation sites is 1. The number of rotatable bonds is 4. The minimum absolute atomic E-state index is 0.0247. The predicted octanol–water partition coefficient (Wildman–Crippen LogP) is 2.87. The number of amides is 1. The fraction of sp³-hybridized carbons (Fsp3) is 0.333. The summed E-state index contributed by atoms with van der Waals surface area (Å²) >= 11 is 0. The zero-order chi connectivity index (χ0) is 18.3. The maximum absolute atomic E-state index is 12.8. The van der Waals surface area contributed by atoms with E-state index in [0.29, 0.717) is 37.9 Å². The topological polar surface area (TPSA) is 67.5 Å². The van der Waals surface area contributed by atoms with Crippen molar-refractivity contribution in [2.75, 3.05) is 26.3 Å². The van der Waals surface area contributed by atoms with Crippen LogP contribution in [0.4, 0.5) is 0 Å². The van der Waals surface area contributed by atoms with Gasteiger partial charge in [0.15, 0.2) is 0 Å². The lowest BCUT2D eigenvalue weighted by Crippen LogP contribution is -2.66. The number of hydrogen-bond acceptors (Lipinski definition) is 4. The van der Waals surface area contributed by atoms with Crippen LogP contribution in [-0.4, -0.2) is 52.7 Å². The molecule has 0 saturated carbocycles. The standard InChI is InChI=1S/C21H21N3O3/c25-20(18-11-15-5-1-2-6-17(15)23-18)24-13-21(14-24)16(8-10-27-21)12-26-19-7-3-4-9-22-19/h1-7,9,11,16,23H,8,10,12-14H2/t16-/m1/s1. The van der Waals surface area contributed by atoms with Gasteiger partial charge in [-0.3, -0.25) is 4.79 Å². The molecule has 5 rings (SSSR count). The number of H-pyrrole nitrogens is 1. The van der Waals surface area contributed by atoms with Crippen molar-refractivity contribution in [3.8, 4) is 5.88 Å². The molecule has 2 saturated heterocycles. The summed E-state index contributed by atoms with van der Waals surface area (Å²) < 4.78 is 11.9. The first-order chi connectivity index (χ1) is 13.2. The van der Waals surface area contributed by atoms with Crippen LogP contribution >= 0.6 is 0 Å². The summed E-state index contributed by atoms with van der Waals surface area (Å²) in [5, 5.41) is 1.05. The number of nitrogens with one attached hydrogen (secondary N) is 1. The summed E-state index contributed by atoms with van der Waals surface area (Å²) in [5.74, 6) is 0.924. The fourth-order valence-corrected chi connectivity index (χ4v) is 4.09. The Hall–Kier alpha value is -2.86. The second-order valence-corrected chi connectivity index (χ2v) is 7.31. The van der Waals surface area contributed by atoms with Gasteiger partial charge in [0.25, 0.3) is 5.91 Å². The van der Waals surface area contributed by atoms with Gasteiger partial charge in [0.2, 0.25) is 5.88 Å². The molecule has 2 aliphatic heterocycles. The van der Waals surface area contributed by atoms with Crippen LogP contribution in [0.1, 0.15) is 16.9 Å². The fourth-order valence-electron chi connectivity index (χ4n) is 4.09. The molecule has 2 aromatic heterocycles.